The molecule has 0 aliphatic rings. The molecule has 0 saturated heterocycles. The van der Waals surface area contributed by atoms with Crippen molar-refractivity contribution in [3.8, 4) is 6.07 Å². The van der Waals surface area contributed by atoms with Gasteiger partial charge in [-0.1, -0.05) is 12.1 Å². The molecule has 0 saturated carbocycles. The number of aromatic nitrogens is 1. The smallest absolute Gasteiger partial charge is 0.287 e. The van der Waals surface area contributed by atoms with Gasteiger partial charge in [0.2, 0.25) is 0 Å². The molecule has 2 N–H and O–H groups in total. The molecule has 1 heterocycles. The molecular formula is C16H17N5O. The third kappa shape index (κ3) is 4.21. The minimum absolute atomic E-state index is 0.283. The van der Waals surface area contributed by atoms with Crippen LogP contribution in [0.1, 0.15) is 22.5 Å². The predicted molar refractivity (Wildman–Crippen MR) is 85.8 cm³/mol. The number of carbonyl (C=O) groups is 1. The first-order valence-corrected chi connectivity index (χ1v) is 6.85. The lowest BCUT2D eigenvalue weighted by Crippen LogP contribution is -2.18. The summed E-state index contributed by atoms with van der Waals surface area (Å²) in [5.74, 6) is -0.283. The van der Waals surface area contributed by atoms with Crippen LogP contribution in [0.15, 0.2) is 47.7 Å². The summed E-state index contributed by atoms with van der Waals surface area (Å²) < 4.78 is 0. The van der Waals surface area contributed by atoms with Crippen LogP contribution in [0.5, 0.6) is 0 Å². The molecule has 0 fully saturated rings. The van der Waals surface area contributed by atoms with Crippen molar-refractivity contribution in [2.24, 2.45) is 5.10 Å². The molecule has 112 valence electrons. The summed E-state index contributed by atoms with van der Waals surface area (Å²) >= 11 is 0. The summed E-state index contributed by atoms with van der Waals surface area (Å²) in [5, 5.41) is 12.5. The Morgan fingerprint density at radius 2 is 2.18 bits per heavy atom. The topological polar surface area (TPSA) is 84.3 Å². The van der Waals surface area contributed by atoms with Gasteiger partial charge in [-0.2, -0.15) is 10.4 Å². The monoisotopic (exact) mass is 295 g/mol. The zero-order valence-corrected chi connectivity index (χ0v) is 12.3. The van der Waals surface area contributed by atoms with Gasteiger partial charge in [0.1, 0.15) is 5.69 Å². The summed E-state index contributed by atoms with van der Waals surface area (Å²) in [5.41, 5.74) is 4.83. The molecule has 0 radical (unpaired) electrons. The van der Waals surface area contributed by atoms with Crippen LogP contribution in [0.25, 0.3) is 0 Å². The van der Waals surface area contributed by atoms with Crippen molar-refractivity contribution < 1.29 is 4.79 Å². The molecule has 0 unspecified atom stereocenters. The van der Waals surface area contributed by atoms with Crippen molar-refractivity contribution in [2.75, 3.05) is 18.5 Å². The summed E-state index contributed by atoms with van der Waals surface area (Å²) in [6, 6.07) is 13.3. The van der Waals surface area contributed by atoms with Crippen molar-refractivity contribution >= 4 is 17.8 Å². The molecular weight excluding hydrogens is 278 g/mol. The second kappa shape index (κ2) is 7.64. The number of benzene rings is 1. The molecule has 2 aromatic rings. The van der Waals surface area contributed by atoms with Crippen LogP contribution in [0.4, 0.5) is 5.69 Å². The number of amides is 1. The zero-order chi connectivity index (χ0) is 15.8. The first-order valence-electron chi connectivity index (χ1n) is 6.85. The highest BCUT2D eigenvalue weighted by Crippen LogP contribution is 2.13. The van der Waals surface area contributed by atoms with Gasteiger partial charge in [-0.3, -0.25) is 4.79 Å². The van der Waals surface area contributed by atoms with Gasteiger partial charge >= 0.3 is 0 Å². The fraction of sp³-hybridized carbons (Fsp3) is 0.188. The molecule has 0 spiro atoms. The number of nitrogens with one attached hydrogen (secondary N) is 2. The number of nitrogens with zero attached hydrogens (tertiary/aromatic N) is 3. The molecule has 6 heteroatoms. The fourth-order valence-corrected chi connectivity index (χ4v) is 1.86. The number of H-pyrrole nitrogens is 1. The molecule has 1 aromatic carbocycles. The highest BCUT2D eigenvalue weighted by atomic mass is 16.2. The second-order valence-electron chi connectivity index (χ2n) is 4.70. The molecule has 0 aliphatic carbocycles. The number of aromatic amines is 1. The minimum atomic E-state index is -0.283. The Morgan fingerprint density at radius 3 is 2.82 bits per heavy atom. The van der Waals surface area contributed by atoms with Crippen LogP contribution in [0, 0.1) is 11.3 Å². The Balaban J connectivity index is 1.89. The standard InChI is InChI=1S/C16H17N5O/c1-21(11-3-9-17)14-7-5-13(6-8-14)12-19-20-16(22)15-4-2-10-18-15/h2,4-8,10,12,18H,3,11H2,1H3,(H,20,22)/b19-12-. The Kier molecular flexibility index (Phi) is 5.32. The van der Waals surface area contributed by atoms with Crippen LogP contribution in [0.3, 0.4) is 0 Å². The maximum Gasteiger partial charge on any atom is 0.287 e. The normalized spacial score (nSPS) is 10.4. The van der Waals surface area contributed by atoms with Crippen molar-refractivity contribution in [1.82, 2.24) is 10.4 Å². The molecule has 0 bridgehead atoms. The van der Waals surface area contributed by atoms with Crippen molar-refractivity contribution in [3.63, 3.8) is 0 Å². The van der Waals surface area contributed by atoms with E-state index in [-0.39, 0.29) is 5.91 Å². The van der Waals surface area contributed by atoms with Crippen molar-refractivity contribution in [2.45, 2.75) is 6.42 Å². The van der Waals surface area contributed by atoms with Gasteiger partial charge in [0, 0.05) is 25.5 Å². The molecule has 1 amide bonds. The highest BCUT2D eigenvalue weighted by molar-refractivity contribution is 5.93. The Labute approximate surface area is 129 Å². The van der Waals surface area contributed by atoms with E-state index in [1.165, 1.54) is 0 Å². The molecule has 6 nitrogen and oxygen atoms in total. The molecule has 0 aliphatic heterocycles. The highest BCUT2D eigenvalue weighted by Gasteiger charge is 2.03. The maximum atomic E-state index is 11.7. The van der Waals surface area contributed by atoms with E-state index in [1.807, 2.05) is 36.2 Å². The number of hydrazone groups is 1. The third-order valence-corrected chi connectivity index (χ3v) is 3.12. The van der Waals surface area contributed by atoms with Gasteiger partial charge in [-0.05, 0) is 29.8 Å². The number of rotatable bonds is 6. The van der Waals surface area contributed by atoms with Crippen LogP contribution in [0.2, 0.25) is 0 Å². The van der Waals surface area contributed by atoms with E-state index in [0.29, 0.717) is 18.7 Å². The number of anilines is 1. The summed E-state index contributed by atoms with van der Waals surface area (Å²) in [6.07, 6.45) is 3.75. The SMILES string of the molecule is CN(CCC#N)c1ccc(/C=N\NC(=O)c2ccc[nH]2)cc1. The largest absolute Gasteiger partial charge is 0.374 e. The number of carbonyl (C=O) groups excluding carboxylic acids is 1. The van der Waals surface area contributed by atoms with E-state index in [0.717, 1.165) is 11.3 Å². The average Bonchev–Trinajstić information content (AvgIpc) is 3.07. The van der Waals surface area contributed by atoms with E-state index >= 15 is 0 Å². The van der Waals surface area contributed by atoms with Gasteiger partial charge in [-0.25, -0.2) is 5.43 Å². The number of nitriles is 1. The fourth-order valence-electron chi connectivity index (χ4n) is 1.86. The van der Waals surface area contributed by atoms with Crippen LogP contribution in [-0.2, 0) is 0 Å². The molecule has 2 rings (SSSR count). The van der Waals surface area contributed by atoms with E-state index in [2.05, 4.69) is 21.6 Å². The van der Waals surface area contributed by atoms with Gasteiger partial charge in [-0.15, -0.1) is 0 Å². The van der Waals surface area contributed by atoms with E-state index in [9.17, 15) is 4.79 Å². The zero-order valence-electron chi connectivity index (χ0n) is 12.3. The predicted octanol–water partition coefficient (Wildman–Crippen LogP) is 2.13. The Bertz CT molecular complexity index is 668. The lowest BCUT2D eigenvalue weighted by Gasteiger charge is -2.17. The Hall–Kier alpha value is -3.07. The lowest BCUT2D eigenvalue weighted by molar-refractivity contribution is 0.0951. The first kappa shape index (κ1) is 15.3. The molecule has 0 atom stereocenters. The van der Waals surface area contributed by atoms with E-state index in [4.69, 9.17) is 5.26 Å². The van der Waals surface area contributed by atoms with Crippen molar-refractivity contribution in [1.29, 1.82) is 5.26 Å². The number of hydrogen-bond acceptors (Lipinski definition) is 4. The summed E-state index contributed by atoms with van der Waals surface area (Å²) in [4.78, 5) is 16.5. The Morgan fingerprint density at radius 1 is 1.41 bits per heavy atom. The molecule has 1 aromatic heterocycles. The second-order valence-corrected chi connectivity index (χ2v) is 4.70. The van der Waals surface area contributed by atoms with Crippen molar-refractivity contribution in [3.05, 3.63) is 53.9 Å². The minimum Gasteiger partial charge on any atom is -0.374 e. The van der Waals surface area contributed by atoms with Gasteiger partial charge in [0.05, 0.1) is 18.7 Å². The third-order valence-electron chi connectivity index (χ3n) is 3.12. The van der Waals surface area contributed by atoms with Gasteiger partial charge < -0.3 is 9.88 Å². The first-order chi connectivity index (χ1) is 10.7. The maximum absolute atomic E-state index is 11.7. The van der Waals surface area contributed by atoms with Crippen LogP contribution >= 0.6 is 0 Å². The molecule has 22 heavy (non-hydrogen) atoms. The van der Waals surface area contributed by atoms with E-state index in [1.54, 1.807) is 24.5 Å². The summed E-state index contributed by atoms with van der Waals surface area (Å²) in [6.45, 7) is 0.691. The van der Waals surface area contributed by atoms with Gasteiger partial charge in [0.25, 0.3) is 5.91 Å². The van der Waals surface area contributed by atoms with Crippen LogP contribution in [-0.4, -0.2) is 30.7 Å². The number of hydrogen-bond donors (Lipinski definition) is 2. The quantitative estimate of drug-likeness (QED) is 0.632. The van der Waals surface area contributed by atoms with E-state index < -0.39 is 0 Å². The van der Waals surface area contributed by atoms with Crippen LogP contribution < -0.4 is 10.3 Å². The van der Waals surface area contributed by atoms with Gasteiger partial charge in [0.15, 0.2) is 0 Å². The average molecular weight is 295 g/mol. The lowest BCUT2D eigenvalue weighted by atomic mass is 10.2. The summed E-state index contributed by atoms with van der Waals surface area (Å²) in [7, 11) is 1.94.